The number of aryl methyl sites for hydroxylation is 1. The second-order valence-corrected chi connectivity index (χ2v) is 5.77. The lowest BCUT2D eigenvalue weighted by atomic mass is 9.91. The first-order valence-corrected chi connectivity index (χ1v) is 7.44. The number of carbonyl (C=O) groups is 1. The smallest absolute Gasteiger partial charge is 0.335 e. The molecule has 0 amide bonds. The van der Waals surface area contributed by atoms with E-state index in [0.29, 0.717) is 11.6 Å². The number of aromatic carboxylic acids is 1. The highest BCUT2D eigenvalue weighted by Crippen LogP contribution is 2.20. The minimum Gasteiger partial charge on any atom is -0.478 e. The number of hydrogen-bond acceptors (Lipinski definition) is 2. The molecule has 2 atom stereocenters. The van der Waals surface area contributed by atoms with Crippen LogP contribution in [-0.2, 0) is 6.42 Å². The molecular weight excluding hydrogens is 250 g/mol. The van der Waals surface area contributed by atoms with Crippen molar-refractivity contribution in [3.8, 4) is 0 Å². The predicted molar refractivity (Wildman–Crippen MR) is 83.3 cm³/mol. The Morgan fingerprint density at radius 3 is 2.30 bits per heavy atom. The third-order valence-corrected chi connectivity index (χ3v) is 4.26. The monoisotopic (exact) mass is 277 g/mol. The maximum atomic E-state index is 10.8. The molecule has 1 aromatic rings. The zero-order chi connectivity index (χ0) is 15.1. The summed E-state index contributed by atoms with van der Waals surface area (Å²) in [7, 11) is 4.27. The molecule has 20 heavy (non-hydrogen) atoms. The molecule has 0 fully saturated rings. The maximum absolute atomic E-state index is 10.8. The lowest BCUT2D eigenvalue weighted by molar-refractivity contribution is 0.0697. The van der Waals surface area contributed by atoms with Crippen molar-refractivity contribution in [1.29, 1.82) is 0 Å². The first kappa shape index (κ1) is 16.7. The quantitative estimate of drug-likeness (QED) is 0.788. The molecule has 0 heterocycles. The highest BCUT2D eigenvalue weighted by molar-refractivity contribution is 5.87. The van der Waals surface area contributed by atoms with Gasteiger partial charge in [0, 0.05) is 6.04 Å². The molecule has 0 aliphatic heterocycles. The van der Waals surface area contributed by atoms with Crippen LogP contribution in [0.1, 0.15) is 49.0 Å². The average molecular weight is 277 g/mol. The van der Waals surface area contributed by atoms with E-state index in [1.165, 1.54) is 18.4 Å². The summed E-state index contributed by atoms with van der Waals surface area (Å²) in [5.41, 5.74) is 1.59. The Balaban J connectivity index is 2.45. The lowest BCUT2D eigenvalue weighted by Crippen LogP contribution is -2.32. The minimum atomic E-state index is -0.859. The van der Waals surface area contributed by atoms with Gasteiger partial charge in [-0.3, -0.25) is 0 Å². The fourth-order valence-electron chi connectivity index (χ4n) is 2.59. The van der Waals surface area contributed by atoms with Crippen molar-refractivity contribution >= 4 is 5.97 Å². The van der Waals surface area contributed by atoms with E-state index in [1.54, 1.807) is 12.1 Å². The number of benzene rings is 1. The van der Waals surface area contributed by atoms with Gasteiger partial charge < -0.3 is 10.0 Å². The van der Waals surface area contributed by atoms with Gasteiger partial charge >= 0.3 is 5.97 Å². The van der Waals surface area contributed by atoms with E-state index in [1.807, 2.05) is 12.1 Å². The van der Waals surface area contributed by atoms with E-state index < -0.39 is 5.97 Å². The van der Waals surface area contributed by atoms with Crippen LogP contribution in [0.2, 0.25) is 0 Å². The second-order valence-electron chi connectivity index (χ2n) is 5.77. The molecule has 0 saturated carbocycles. The van der Waals surface area contributed by atoms with Gasteiger partial charge in [0.05, 0.1) is 5.56 Å². The fraction of sp³-hybridized carbons (Fsp3) is 0.588. The molecule has 0 bridgehead atoms. The molecule has 112 valence electrons. The van der Waals surface area contributed by atoms with Crippen molar-refractivity contribution in [3.63, 3.8) is 0 Å². The summed E-state index contributed by atoms with van der Waals surface area (Å²) in [5.74, 6) is -0.134. The van der Waals surface area contributed by atoms with Crippen LogP contribution in [-0.4, -0.2) is 36.1 Å². The van der Waals surface area contributed by atoms with Crippen molar-refractivity contribution in [2.45, 2.75) is 45.6 Å². The highest BCUT2D eigenvalue weighted by atomic mass is 16.4. The van der Waals surface area contributed by atoms with E-state index in [4.69, 9.17) is 5.11 Å². The van der Waals surface area contributed by atoms with Gasteiger partial charge in [0.1, 0.15) is 0 Å². The van der Waals surface area contributed by atoms with Crippen molar-refractivity contribution in [1.82, 2.24) is 4.90 Å². The molecule has 3 heteroatoms. The number of hydrogen-bond donors (Lipinski definition) is 1. The van der Waals surface area contributed by atoms with Crippen molar-refractivity contribution < 1.29 is 9.90 Å². The third-order valence-electron chi connectivity index (χ3n) is 4.26. The van der Waals surface area contributed by atoms with Crippen LogP contribution in [0.3, 0.4) is 0 Å². The van der Waals surface area contributed by atoms with Gasteiger partial charge in [-0.25, -0.2) is 4.79 Å². The summed E-state index contributed by atoms with van der Waals surface area (Å²) in [6.07, 6.45) is 4.60. The summed E-state index contributed by atoms with van der Waals surface area (Å²) < 4.78 is 0. The molecule has 2 unspecified atom stereocenters. The van der Waals surface area contributed by atoms with Crippen molar-refractivity contribution in [2.24, 2.45) is 5.92 Å². The van der Waals surface area contributed by atoms with Crippen LogP contribution in [0, 0.1) is 5.92 Å². The maximum Gasteiger partial charge on any atom is 0.335 e. The summed E-state index contributed by atoms with van der Waals surface area (Å²) in [5, 5.41) is 8.86. The van der Waals surface area contributed by atoms with Gasteiger partial charge in [0.2, 0.25) is 0 Å². The molecule has 1 rings (SSSR count). The average Bonchev–Trinajstić information content (AvgIpc) is 2.43. The molecule has 0 aromatic heterocycles. The van der Waals surface area contributed by atoms with Crippen LogP contribution in [0.25, 0.3) is 0 Å². The molecule has 1 aromatic carbocycles. The van der Waals surface area contributed by atoms with Crippen LogP contribution < -0.4 is 0 Å². The van der Waals surface area contributed by atoms with Gasteiger partial charge in [-0.05, 0) is 63.9 Å². The summed E-state index contributed by atoms with van der Waals surface area (Å²) in [6.45, 7) is 4.54. The molecule has 0 spiro atoms. The van der Waals surface area contributed by atoms with E-state index in [9.17, 15) is 4.79 Å². The summed E-state index contributed by atoms with van der Waals surface area (Å²) in [6, 6.07) is 7.85. The molecule has 0 saturated heterocycles. The minimum absolute atomic E-state index is 0.362. The largest absolute Gasteiger partial charge is 0.478 e. The van der Waals surface area contributed by atoms with Crippen molar-refractivity contribution in [2.75, 3.05) is 14.1 Å². The van der Waals surface area contributed by atoms with E-state index in [0.717, 1.165) is 18.8 Å². The molecule has 0 aliphatic rings. The molecule has 3 nitrogen and oxygen atoms in total. The zero-order valence-electron chi connectivity index (χ0n) is 13.1. The van der Waals surface area contributed by atoms with Crippen LogP contribution in [0.5, 0.6) is 0 Å². The molecule has 0 aliphatic carbocycles. The number of nitrogens with zero attached hydrogens (tertiary/aromatic N) is 1. The van der Waals surface area contributed by atoms with Gasteiger partial charge in [-0.1, -0.05) is 25.5 Å². The Morgan fingerprint density at radius 2 is 1.85 bits per heavy atom. The Labute approximate surface area is 122 Å². The number of carboxylic acids is 1. The Kier molecular flexibility index (Phi) is 6.73. The fourth-order valence-corrected chi connectivity index (χ4v) is 2.59. The molecule has 0 radical (unpaired) electrons. The Bertz CT molecular complexity index is 412. The normalized spacial score (nSPS) is 14.2. The summed E-state index contributed by atoms with van der Waals surface area (Å²) >= 11 is 0. The Hall–Kier alpha value is -1.35. The lowest BCUT2D eigenvalue weighted by Gasteiger charge is -2.28. The Morgan fingerprint density at radius 1 is 1.25 bits per heavy atom. The molecular formula is C17H27NO2. The van der Waals surface area contributed by atoms with E-state index >= 15 is 0 Å². The van der Waals surface area contributed by atoms with Crippen LogP contribution in [0.15, 0.2) is 24.3 Å². The van der Waals surface area contributed by atoms with Crippen LogP contribution in [0.4, 0.5) is 0 Å². The first-order chi connectivity index (χ1) is 9.45. The topological polar surface area (TPSA) is 40.5 Å². The summed E-state index contributed by atoms with van der Waals surface area (Å²) in [4.78, 5) is 13.1. The molecule has 1 N–H and O–H groups in total. The van der Waals surface area contributed by atoms with Gasteiger partial charge in [-0.2, -0.15) is 0 Å². The SMILES string of the molecule is CCC(CCCc1ccc(C(=O)O)cc1)C(C)N(C)C. The third kappa shape index (κ3) is 4.97. The highest BCUT2D eigenvalue weighted by Gasteiger charge is 2.16. The van der Waals surface area contributed by atoms with Crippen molar-refractivity contribution in [3.05, 3.63) is 35.4 Å². The standard InChI is InChI=1S/C17H27NO2/c1-5-15(13(2)18(3)4)8-6-7-14-9-11-16(12-10-14)17(19)20/h9-13,15H,5-8H2,1-4H3,(H,19,20). The number of carboxylic acid groups (broad SMARTS) is 1. The van der Waals surface area contributed by atoms with Gasteiger partial charge in [0.15, 0.2) is 0 Å². The van der Waals surface area contributed by atoms with Gasteiger partial charge in [-0.15, -0.1) is 0 Å². The van der Waals surface area contributed by atoms with E-state index in [2.05, 4.69) is 32.8 Å². The second kappa shape index (κ2) is 8.05. The number of rotatable bonds is 8. The zero-order valence-corrected chi connectivity index (χ0v) is 13.1. The van der Waals surface area contributed by atoms with Crippen LogP contribution >= 0.6 is 0 Å². The first-order valence-electron chi connectivity index (χ1n) is 7.44. The van der Waals surface area contributed by atoms with Gasteiger partial charge in [0.25, 0.3) is 0 Å². The van der Waals surface area contributed by atoms with E-state index in [-0.39, 0.29) is 0 Å². The predicted octanol–water partition coefficient (Wildman–Crippen LogP) is 3.68.